The van der Waals surface area contributed by atoms with Crippen LogP contribution in [0.25, 0.3) is 10.9 Å². The van der Waals surface area contributed by atoms with Gasteiger partial charge in [-0.1, -0.05) is 23.9 Å². The van der Waals surface area contributed by atoms with Gasteiger partial charge in [0.25, 0.3) is 0 Å². The summed E-state index contributed by atoms with van der Waals surface area (Å²) in [7, 11) is 0. The monoisotopic (exact) mass is 453 g/mol. The standard InChI is InChI=1S/C22H27N7O2S/c1-5-31-17-8-6-7-16-14(4)25-20(28-19(16)17)29-21-26-15(10-18(30)27-21)11-32-22-23-12(2)9-13(3)24-22/h6-9,15,21,26H,5,10-11H2,1-4H3,(H,27,30)(H,25,28,29). The van der Waals surface area contributed by atoms with Crippen molar-refractivity contribution in [3.05, 3.63) is 41.3 Å². The first-order chi connectivity index (χ1) is 15.4. The van der Waals surface area contributed by atoms with Crippen molar-refractivity contribution in [3.63, 3.8) is 0 Å². The molecule has 1 aromatic carbocycles. The number of rotatable bonds is 7. The van der Waals surface area contributed by atoms with E-state index in [1.54, 1.807) is 0 Å². The van der Waals surface area contributed by atoms with Gasteiger partial charge in [0.1, 0.15) is 11.3 Å². The molecular weight excluding hydrogens is 426 g/mol. The number of fused-ring (bicyclic) bond motifs is 1. The maximum Gasteiger partial charge on any atom is 0.226 e. The van der Waals surface area contributed by atoms with Crippen molar-refractivity contribution in [2.24, 2.45) is 0 Å². The van der Waals surface area contributed by atoms with Crippen LogP contribution in [0.4, 0.5) is 5.95 Å². The zero-order chi connectivity index (χ0) is 22.7. The van der Waals surface area contributed by atoms with Gasteiger partial charge in [-0.2, -0.15) is 0 Å². The molecule has 0 saturated carbocycles. The quantitative estimate of drug-likeness (QED) is 0.367. The number of thioether (sulfide) groups is 1. The lowest BCUT2D eigenvalue weighted by Crippen LogP contribution is -2.60. The molecule has 9 nitrogen and oxygen atoms in total. The van der Waals surface area contributed by atoms with Crippen molar-refractivity contribution in [2.45, 2.75) is 51.6 Å². The highest BCUT2D eigenvalue weighted by atomic mass is 32.2. The Kier molecular flexibility index (Phi) is 6.71. The van der Waals surface area contributed by atoms with Crippen molar-refractivity contribution in [1.82, 2.24) is 30.6 Å². The third kappa shape index (κ3) is 5.25. The summed E-state index contributed by atoms with van der Waals surface area (Å²) in [5.74, 6) is 1.76. The van der Waals surface area contributed by atoms with Crippen LogP contribution in [-0.4, -0.2) is 50.5 Å². The number of nitrogens with one attached hydrogen (secondary N) is 3. The predicted molar refractivity (Wildman–Crippen MR) is 125 cm³/mol. The van der Waals surface area contributed by atoms with Crippen LogP contribution in [0.15, 0.2) is 29.4 Å². The molecule has 1 fully saturated rings. The van der Waals surface area contributed by atoms with Crippen LogP contribution >= 0.6 is 11.8 Å². The molecule has 4 rings (SSSR count). The van der Waals surface area contributed by atoms with E-state index >= 15 is 0 Å². The summed E-state index contributed by atoms with van der Waals surface area (Å²) >= 11 is 1.54. The van der Waals surface area contributed by atoms with E-state index in [1.807, 2.05) is 52.0 Å². The molecule has 0 bridgehead atoms. The van der Waals surface area contributed by atoms with Gasteiger partial charge in [-0.25, -0.2) is 19.9 Å². The SMILES string of the molecule is CCOc1cccc2c(C)nc(NC3NC(=O)CC(CSc4nc(C)cc(C)n4)N3)nc12. The van der Waals surface area contributed by atoms with Crippen LogP contribution in [0.5, 0.6) is 5.75 Å². The second-order valence-electron chi connectivity index (χ2n) is 7.67. The number of carbonyl (C=O) groups is 1. The van der Waals surface area contributed by atoms with E-state index in [1.165, 1.54) is 11.8 Å². The van der Waals surface area contributed by atoms with Crippen molar-refractivity contribution in [1.29, 1.82) is 0 Å². The summed E-state index contributed by atoms with van der Waals surface area (Å²) in [6.45, 7) is 8.32. The van der Waals surface area contributed by atoms with E-state index in [0.29, 0.717) is 30.5 Å². The molecule has 168 valence electrons. The van der Waals surface area contributed by atoms with Gasteiger partial charge in [0.05, 0.1) is 12.3 Å². The Bertz CT molecular complexity index is 1120. The van der Waals surface area contributed by atoms with E-state index in [9.17, 15) is 4.79 Å². The fourth-order valence-corrected chi connectivity index (χ4v) is 4.62. The number of benzene rings is 1. The molecule has 3 N–H and O–H groups in total. The number of amides is 1. The Hall–Kier alpha value is -2.98. The second kappa shape index (κ2) is 9.66. The minimum absolute atomic E-state index is 0.0410. The number of hydrogen-bond donors (Lipinski definition) is 3. The van der Waals surface area contributed by atoms with Crippen LogP contribution in [0, 0.1) is 20.8 Å². The number of carbonyl (C=O) groups excluding carboxylic acids is 1. The summed E-state index contributed by atoms with van der Waals surface area (Å²) in [6, 6.07) is 7.70. The number of hydrogen-bond acceptors (Lipinski definition) is 9. The summed E-state index contributed by atoms with van der Waals surface area (Å²) in [5, 5.41) is 11.2. The highest BCUT2D eigenvalue weighted by molar-refractivity contribution is 7.99. The third-order valence-electron chi connectivity index (χ3n) is 4.97. The lowest BCUT2D eigenvalue weighted by Gasteiger charge is -2.31. The normalized spacial score (nSPS) is 18.4. The van der Waals surface area contributed by atoms with Gasteiger partial charge in [0.2, 0.25) is 11.9 Å². The Morgan fingerprint density at radius 3 is 2.69 bits per heavy atom. The van der Waals surface area contributed by atoms with Gasteiger partial charge in [0, 0.05) is 35.0 Å². The highest BCUT2D eigenvalue weighted by Crippen LogP contribution is 2.27. The molecule has 2 aromatic heterocycles. The van der Waals surface area contributed by atoms with Crippen LogP contribution in [0.1, 0.15) is 30.4 Å². The highest BCUT2D eigenvalue weighted by Gasteiger charge is 2.27. The predicted octanol–water partition coefficient (Wildman–Crippen LogP) is 2.71. The number of para-hydroxylation sites is 1. The van der Waals surface area contributed by atoms with Crippen LogP contribution in [0.3, 0.4) is 0 Å². The third-order valence-corrected chi connectivity index (χ3v) is 5.98. The maximum atomic E-state index is 12.3. The molecule has 0 radical (unpaired) electrons. The number of nitrogens with zero attached hydrogens (tertiary/aromatic N) is 4. The van der Waals surface area contributed by atoms with E-state index < -0.39 is 6.29 Å². The first-order valence-corrected chi connectivity index (χ1v) is 11.6. The van der Waals surface area contributed by atoms with Crippen LogP contribution in [0.2, 0.25) is 0 Å². The Balaban J connectivity index is 1.47. The van der Waals surface area contributed by atoms with Crippen molar-refractivity contribution >= 4 is 34.5 Å². The molecule has 1 aliphatic rings. The lowest BCUT2D eigenvalue weighted by molar-refractivity contribution is -0.123. The number of ether oxygens (including phenoxy) is 1. The molecular formula is C22H27N7O2S. The Labute approximate surface area is 191 Å². The number of anilines is 1. The van der Waals surface area contributed by atoms with E-state index in [4.69, 9.17) is 4.74 Å². The summed E-state index contributed by atoms with van der Waals surface area (Å²) in [5.41, 5.74) is 3.44. The molecule has 10 heteroatoms. The summed E-state index contributed by atoms with van der Waals surface area (Å²) in [4.78, 5) is 30.5. The average molecular weight is 454 g/mol. The lowest BCUT2D eigenvalue weighted by atomic mass is 10.2. The van der Waals surface area contributed by atoms with Crippen molar-refractivity contribution < 1.29 is 9.53 Å². The fourth-order valence-electron chi connectivity index (χ4n) is 3.64. The van der Waals surface area contributed by atoms with E-state index in [0.717, 1.165) is 33.1 Å². The van der Waals surface area contributed by atoms with Crippen LogP contribution < -0.4 is 20.7 Å². The molecule has 32 heavy (non-hydrogen) atoms. The zero-order valence-corrected chi connectivity index (χ0v) is 19.4. The maximum absolute atomic E-state index is 12.3. The molecule has 1 aliphatic heterocycles. The molecule has 0 aliphatic carbocycles. The first kappa shape index (κ1) is 22.2. The van der Waals surface area contributed by atoms with Gasteiger partial charge in [0.15, 0.2) is 11.4 Å². The van der Waals surface area contributed by atoms with Crippen molar-refractivity contribution in [2.75, 3.05) is 17.7 Å². The minimum Gasteiger partial charge on any atom is -0.492 e. The van der Waals surface area contributed by atoms with E-state index in [2.05, 4.69) is 35.9 Å². The van der Waals surface area contributed by atoms with Crippen molar-refractivity contribution in [3.8, 4) is 5.75 Å². The Morgan fingerprint density at radius 2 is 1.94 bits per heavy atom. The molecule has 1 amide bonds. The average Bonchev–Trinajstić information content (AvgIpc) is 2.72. The topological polar surface area (TPSA) is 114 Å². The van der Waals surface area contributed by atoms with Gasteiger partial charge >= 0.3 is 0 Å². The zero-order valence-electron chi connectivity index (χ0n) is 18.6. The van der Waals surface area contributed by atoms with Gasteiger partial charge in [-0.15, -0.1) is 0 Å². The Morgan fingerprint density at radius 1 is 1.16 bits per heavy atom. The summed E-state index contributed by atoms with van der Waals surface area (Å²) in [6.07, 6.45) is -0.111. The summed E-state index contributed by atoms with van der Waals surface area (Å²) < 4.78 is 5.73. The largest absolute Gasteiger partial charge is 0.492 e. The first-order valence-electron chi connectivity index (χ1n) is 10.6. The molecule has 2 atom stereocenters. The van der Waals surface area contributed by atoms with E-state index in [-0.39, 0.29) is 11.9 Å². The molecule has 3 aromatic rings. The smallest absolute Gasteiger partial charge is 0.226 e. The molecule has 1 saturated heterocycles. The molecule has 2 unspecified atom stereocenters. The number of aryl methyl sites for hydroxylation is 3. The second-order valence-corrected chi connectivity index (χ2v) is 8.66. The van der Waals surface area contributed by atoms with Crippen LogP contribution in [-0.2, 0) is 4.79 Å². The van der Waals surface area contributed by atoms with Gasteiger partial charge in [-0.3, -0.25) is 10.1 Å². The van der Waals surface area contributed by atoms with Gasteiger partial charge < -0.3 is 15.4 Å². The van der Waals surface area contributed by atoms with Gasteiger partial charge in [-0.05, 0) is 39.8 Å². The minimum atomic E-state index is -0.488. The molecule has 0 spiro atoms. The molecule has 3 heterocycles. The number of aromatic nitrogens is 4. The fraction of sp³-hybridized carbons (Fsp3) is 0.409.